The van der Waals surface area contributed by atoms with Gasteiger partial charge in [-0.1, -0.05) is 6.07 Å². The number of hydrogen-bond acceptors (Lipinski definition) is 8. The predicted octanol–water partition coefficient (Wildman–Crippen LogP) is 3.05. The molecular weight excluding hydrogens is 481 g/mol. The average molecular weight is 507 g/mol. The van der Waals surface area contributed by atoms with Gasteiger partial charge in [-0.2, -0.15) is 18.3 Å². The summed E-state index contributed by atoms with van der Waals surface area (Å²) in [5.74, 6) is 0.186. The maximum atomic E-state index is 13.1. The van der Waals surface area contributed by atoms with Crippen molar-refractivity contribution in [1.29, 1.82) is 0 Å². The highest BCUT2D eigenvalue weighted by Gasteiger charge is 2.43. The first-order chi connectivity index (χ1) is 16.7. The number of thiazole rings is 1. The number of carbonyl (C=O) groups is 1. The van der Waals surface area contributed by atoms with Gasteiger partial charge in [0.05, 0.1) is 34.7 Å². The molecule has 35 heavy (non-hydrogen) atoms. The summed E-state index contributed by atoms with van der Waals surface area (Å²) in [5, 5.41) is 28.6. The van der Waals surface area contributed by atoms with E-state index in [0.29, 0.717) is 30.7 Å². The highest BCUT2D eigenvalue weighted by Crippen LogP contribution is 2.43. The van der Waals surface area contributed by atoms with Crippen molar-refractivity contribution < 1.29 is 23.1 Å². The molecule has 1 amide bonds. The lowest BCUT2D eigenvalue weighted by molar-refractivity contribution is -0.137. The SMILES string of the molecule is O=C(CNc1nncc2ccc(C(F)(F)F)cc12)NC1CNC1C1CCC(O)(c2cncs2)CC1. The molecule has 5 rings (SSSR count). The molecule has 0 radical (unpaired) electrons. The minimum Gasteiger partial charge on any atom is -0.384 e. The molecule has 1 aliphatic carbocycles. The molecule has 1 saturated carbocycles. The molecule has 3 aromatic rings. The Morgan fingerprint density at radius 1 is 1.26 bits per heavy atom. The molecule has 186 valence electrons. The van der Waals surface area contributed by atoms with E-state index < -0.39 is 17.3 Å². The topological polar surface area (TPSA) is 112 Å². The van der Waals surface area contributed by atoms with Crippen LogP contribution in [0.15, 0.2) is 36.1 Å². The zero-order valence-electron chi connectivity index (χ0n) is 18.7. The molecule has 2 aromatic heterocycles. The molecule has 1 aromatic carbocycles. The Balaban J connectivity index is 1.16. The van der Waals surface area contributed by atoms with Gasteiger partial charge in [-0.25, -0.2) is 0 Å². The van der Waals surface area contributed by atoms with Crippen LogP contribution in [0.2, 0.25) is 0 Å². The standard InChI is InChI=1S/C23H25F3N6O2S/c24-23(25,26)15-2-1-14-8-30-32-21(16(14)7-15)29-11-19(33)31-17-9-28-20(17)13-3-5-22(34,6-4-13)18-10-27-12-35-18/h1-2,7-8,10,12-13,17,20,28,34H,3-6,9,11H2,(H,29,32)(H,31,33). The Hall–Kier alpha value is -2.83. The lowest BCUT2D eigenvalue weighted by Crippen LogP contribution is -2.68. The smallest absolute Gasteiger partial charge is 0.384 e. The maximum Gasteiger partial charge on any atom is 0.416 e. The number of aromatic nitrogens is 3. The molecule has 12 heteroatoms. The zero-order chi connectivity index (χ0) is 24.6. The highest BCUT2D eigenvalue weighted by molar-refractivity contribution is 7.09. The minimum absolute atomic E-state index is 0.0423. The van der Waals surface area contributed by atoms with E-state index in [9.17, 15) is 23.1 Å². The van der Waals surface area contributed by atoms with Crippen molar-refractivity contribution in [3.63, 3.8) is 0 Å². The van der Waals surface area contributed by atoms with Crippen LogP contribution in [0.4, 0.5) is 19.0 Å². The second kappa shape index (κ2) is 9.32. The third kappa shape index (κ3) is 4.95. The Morgan fingerprint density at radius 2 is 2.06 bits per heavy atom. The summed E-state index contributed by atoms with van der Waals surface area (Å²) in [6.07, 6.45) is 1.61. The Bertz CT molecular complexity index is 1200. The first-order valence-electron chi connectivity index (χ1n) is 11.4. The molecule has 2 unspecified atom stereocenters. The van der Waals surface area contributed by atoms with E-state index in [2.05, 4.69) is 31.1 Å². The van der Waals surface area contributed by atoms with E-state index in [1.807, 2.05) is 0 Å². The summed E-state index contributed by atoms with van der Waals surface area (Å²) in [6, 6.07) is 3.42. The van der Waals surface area contributed by atoms with Gasteiger partial charge in [-0.05, 0) is 43.7 Å². The number of nitrogens with one attached hydrogen (secondary N) is 3. The maximum absolute atomic E-state index is 13.1. The zero-order valence-corrected chi connectivity index (χ0v) is 19.5. The van der Waals surface area contributed by atoms with Crippen LogP contribution in [0.1, 0.15) is 36.1 Å². The number of nitrogens with zero attached hydrogens (tertiary/aromatic N) is 3. The Morgan fingerprint density at radius 3 is 2.71 bits per heavy atom. The number of carbonyl (C=O) groups excluding carboxylic acids is 1. The number of hydrogen-bond donors (Lipinski definition) is 4. The van der Waals surface area contributed by atoms with Crippen LogP contribution in [-0.2, 0) is 16.6 Å². The van der Waals surface area contributed by atoms with Crippen molar-refractivity contribution in [2.45, 2.75) is 49.5 Å². The van der Waals surface area contributed by atoms with Gasteiger partial charge in [0.25, 0.3) is 0 Å². The van der Waals surface area contributed by atoms with Crippen LogP contribution < -0.4 is 16.0 Å². The molecule has 3 heterocycles. The molecule has 8 nitrogen and oxygen atoms in total. The van der Waals surface area contributed by atoms with Gasteiger partial charge < -0.3 is 21.1 Å². The van der Waals surface area contributed by atoms with Crippen molar-refractivity contribution in [3.8, 4) is 0 Å². The largest absolute Gasteiger partial charge is 0.416 e. The van der Waals surface area contributed by atoms with E-state index >= 15 is 0 Å². The summed E-state index contributed by atoms with van der Waals surface area (Å²) in [6.45, 7) is 0.512. The fourth-order valence-electron chi connectivity index (χ4n) is 4.98. The van der Waals surface area contributed by atoms with Gasteiger partial charge in [-0.3, -0.25) is 9.78 Å². The van der Waals surface area contributed by atoms with Gasteiger partial charge in [-0.15, -0.1) is 16.4 Å². The second-order valence-electron chi connectivity index (χ2n) is 9.19. The van der Waals surface area contributed by atoms with Gasteiger partial charge in [0.1, 0.15) is 5.60 Å². The molecule has 1 aliphatic heterocycles. The van der Waals surface area contributed by atoms with Crippen molar-refractivity contribution in [2.75, 3.05) is 18.4 Å². The number of aliphatic hydroxyl groups is 1. The fraction of sp³-hybridized carbons (Fsp3) is 0.478. The van der Waals surface area contributed by atoms with Crippen LogP contribution in [0, 0.1) is 5.92 Å². The summed E-state index contributed by atoms with van der Waals surface area (Å²) >= 11 is 1.47. The number of benzene rings is 1. The van der Waals surface area contributed by atoms with Crippen LogP contribution >= 0.6 is 11.3 Å². The molecule has 2 fully saturated rings. The van der Waals surface area contributed by atoms with E-state index in [1.165, 1.54) is 23.6 Å². The van der Waals surface area contributed by atoms with Crippen LogP contribution in [-0.4, -0.2) is 51.4 Å². The lowest BCUT2D eigenvalue weighted by Gasteiger charge is -2.47. The van der Waals surface area contributed by atoms with Gasteiger partial charge in [0, 0.05) is 29.6 Å². The number of halogens is 3. The monoisotopic (exact) mass is 506 g/mol. The molecule has 2 aliphatic rings. The van der Waals surface area contributed by atoms with Gasteiger partial charge >= 0.3 is 6.18 Å². The van der Waals surface area contributed by atoms with Crippen molar-refractivity contribution in [3.05, 3.63) is 46.5 Å². The number of alkyl halides is 3. The molecule has 1 saturated heterocycles. The van der Waals surface area contributed by atoms with E-state index in [0.717, 1.165) is 29.9 Å². The lowest BCUT2D eigenvalue weighted by atomic mass is 9.72. The first kappa shape index (κ1) is 23.9. The average Bonchev–Trinajstić information content (AvgIpc) is 3.37. The number of amides is 1. The van der Waals surface area contributed by atoms with Crippen LogP contribution in [0.3, 0.4) is 0 Å². The summed E-state index contributed by atoms with van der Waals surface area (Å²) < 4.78 is 39.3. The second-order valence-corrected chi connectivity index (χ2v) is 10.1. The first-order valence-corrected chi connectivity index (χ1v) is 12.3. The third-order valence-electron chi connectivity index (χ3n) is 7.02. The Kier molecular flexibility index (Phi) is 6.36. The van der Waals surface area contributed by atoms with Crippen molar-refractivity contribution in [2.24, 2.45) is 5.92 Å². The fourth-order valence-corrected chi connectivity index (χ4v) is 5.76. The predicted molar refractivity (Wildman–Crippen MR) is 125 cm³/mol. The van der Waals surface area contributed by atoms with Crippen LogP contribution in [0.25, 0.3) is 10.8 Å². The molecule has 0 bridgehead atoms. The molecular formula is C23H25F3N6O2S. The normalized spacial score (nSPS) is 26.8. The Labute approximate surface area is 203 Å². The van der Waals surface area contributed by atoms with Crippen LogP contribution in [0.5, 0.6) is 0 Å². The molecule has 0 spiro atoms. The number of anilines is 1. The van der Waals surface area contributed by atoms with Gasteiger partial charge in [0.2, 0.25) is 5.91 Å². The van der Waals surface area contributed by atoms with E-state index in [4.69, 9.17) is 0 Å². The molecule has 2 atom stereocenters. The van der Waals surface area contributed by atoms with Crippen molar-refractivity contribution >= 4 is 33.8 Å². The summed E-state index contributed by atoms with van der Waals surface area (Å²) in [5.41, 5.74) is 0.116. The summed E-state index contributed by atoms with van der Waals surface area (Å²) in [7, 11) is 0. The highest BCUT2D eigenvalue weighted by atomic mass is 32.1. The van der Waals surface area contributed by atoms with Crippen molar-refractivity contribution in [1.82, 2.24) is 25.8 Å². The van der Waals surface area contributed by atoms with Gasteiger partial charge in [0.15, 0.2) is 5.82 Å². The van der Waals surface area contributed by atoms with E-state index in [-0.39, 0.29) is 35.7 Å². The quantitative estimate of drug-likeness (QED) is 0.407. The van der Waals surface area contributed by atoms with E-state index in [1.54, 1.807) is 11.7 Å². The minimum atomic E-state index is -4.48. The number of fused-ring (bicyclic) bond motifs is 1. The summed E-state index contributed by atoms with van der Waals surface area (Å²) in [4.78, 5) is 17.6. The third-order valence-corrected chi connectivity index (χ3v) is 7.98. The molecule has 4 N–H and O–H groups in total. The number of rotatable bonds is 6.